The molecule has 1 fully saturated rings. The smallest absolute Gasteiger partial charge is 0.335 e. The minimum Gasteiger partial charge on any atom is -0.489 e. The molecule has 0 atom stereocenters. The molecular weight excluding hydrogens is 424 g/mol. The summed E-state index contributed by atoms with van der Waals surface area (Å²) in [7, 11) is 0. The number of nitrogens with one attached hydrogen (secondary N) is 1. The highest BCUT2D eigenvalue weighted by Crippen LogP contribution is 2.22. The minimum atomic E-state index is -0.992. The number of anilines is 1. The van der Waals surface area contributed by atoms with Crippen molar-refractivity contribution in [3.8, 4) is 5.75 Å². The van der Waals surface area contributed by atoms with Gasteiger partial charge in [0.2, 0.25) is 0 Å². The van der Waals surface area contributed by atoms with Crippen molar-refractivity contribution in [2.45, 2.75) is 6.61 Å². The van der Waals surface area contributed by atoms with Crippen LogP contribution in [0.4, 0.5) is 10.5 Å². The van der Waals surface area contributed by atoms with E-state index in [4.69, 9.17) is 9.84 Å². The first-order valence-corrected chi connectivity index (χ1v) is 9.94. The number of ether oxygens (including phenoxy) is 1. The summed E-state index contributed by atoms with van der Waals surface area (Å²) in [6.07, 6.45) is 1.41. The lowest BCUT2D eigenvalue weighted by Crippen LogP contribution is -2.54. The van der Waals surface area contributed by atoms with E-state index in [2.05, 4.69) is 5.32 Å². The number of amides is 4. The Morgan fingerprint density at radius 3 is 2.21 bits per heavy atom. The van der Waals surface area contributed by atoms with Crippen LogP contribution in [-0.2, 0) is 16.2 Å². The van der Waals surface area contributed by atoms with Gasteiger partial charge in [-0.25, -0.2) is 14.5 Å². The molecule has 0 unspecified atom stereocenters. The molecule has 1 aliphatic rings. The third-order valence-corrected chi connectivity index (χ3v) is 4.91. The van der Waals surface area contributed by atoms with E-state index in [1.54, 1.807) is 66.7 Å². The zero-order valence-corrected chi connectivity index (χ0v) is 17.2. The van der Waals surface area contributed by atoms with Gasteiger partial charge in [-0.1, -0.05) is 42.5 Å². The predicted octanol–water partition coefficient (Wildman–Crippen LogP) is 3.63. The summed E-state index contributed by atoms with van der Waals surface area (Å²) in [5, 5.41) is 11.1. The molecule has 3 aromatic rings. The van der Waals surface area contributed by atoms with Crippen LogP contribution in [-0.4, -0.2) is 28.9 Å². The fraction of sp³-hybridized carbons (Fsp3) is 0.0400. The number of para-hydroxylation sites is 1. The minimum absolute atomic E-state index is 0.161. The Morgan fingerprint density at radius 1 is 0.909 bits per heavy atom. The van der Waals surface area contributed by atoms with Gasteiger partial charge in [0.1, 0.15) is 17.9 Å². The van der Waals surface area contributed by atoms with Crippen LogP contribution in [0.2, 0.25) is 0 Å². The Balaban J connectivity index is 1.47. The molecule has 0 radical (unpaired) electrons. The van der Waals surface area contributed by atoms with Gasteiger partial charge < -0.3 is 9.84 Å². The van der Waals surface area contributed by atoms with Crippen LogP contribution >= 0.6 is 0 Å². The highest BCUT2D eigenvalue weighted by Gasteiger charge is 2.36. The van der Waals surface area contributed by atoms with Gasteiger partial charge in [-0.05, 0) is 53.6 Å². The molecule has 1 heterocycles. The van der Waals surface area contributed by atoms with Gasteiger partial charge in [-0.2, -0.15) is 0 Å². The standard InChI is InChI=1S/C25H18N2O6/c28-22-21(23(29)27(25(32)26-22)19-4-2-1-3-5-19)14-16-8-12-20(13-9-16)33-15-17-6-10-18(11-7-17)24(30)31/h1-14H,15H2,(H,30,31)(H,26,28,32)/b21-14+. The lowest BCUT2D eigenvalue weighted by atomic mass is 10.1. The average molecular weight is 442 g/mol. The number of urea groups is 1. The molecule has 164 valence electrons. The number of barbiturate groups is 1. The third kappa shape index (κ3) is 4.80. The van der Waals surface area contributed by atoms with E-state index < -0.39 is 23.8 Å². The molecule has 8 heteroatoms. The van der Waals surface area contributed by atoms with Gasteiger partial charge >= 0.3 is 12.0 Å². The molecule has 2 N–H and O–H groups in total. The first kappa shape index (κ1) is 21.5. The molecule has 1 aliphatic heterocycles. The highest BCUT2D eigenvalue weighted by molar-refractivity contribution is 6.39. The molecule has 1 saturated heterocycles. The maximum atomic E-state index is 12.9. The normalized spacial score (nSPS) is 14.8. The van der Waals surface area contributed by atoms with E-state index in [9.17, 15) is 19.2 Å². The van der Waals surface area contributed by atoms with Gasteiger partial charge in [0, 0.05) is 0 Å². The van der Waals surface area contributed by atoms with Crippen LogP contribution in [0.3, 0.4) is 0 Å². The van der Waals surface area contributed by atoms with Gasteiger partial charge in [-0.15, -0.1) is 0 Å². The molecular formula is C25H18N2O6. The summed E-state index contributed by atoms with van der Waals surface area (Å²) in [5.74, 6) is -1.91. The van der Waals surface area contributed by atoms with Crippen molar-refractivity contribution in [3.63, 3.8) is 0 Å². The molecule has 4 amide bonds. The Morgan fingerprint density at radius 2 is 1.58 bits per heavy atom. The van der Waals surface area contributed by atoms with E-state index in [0.717, 1.165) is 10.5 Å². The van der Waals surface area contributed by atoms with Gasteiger partial charge in [0.15, 0.2) is 0 Å². The second-order valence-corrected chi connectivity index (χ2v) is 7.15. The molecule has 0 aliphatic carbocycles. The van der Waals surface area contributed by atoms with Crippen LogP contribution in [0.5, 0.6) is 5.75 Å². The molecule has 3 aromatic carbocycles. The Bertz CT molecular complexity index is 1250. The molecule has 0 bridgehead atoms. The number of benzene rings is 3. The van der Waals surface area contributed by atoms with Gasteiger partial charge in [0.25, 0.3) is 11.8 Å². The fourth-order valence-electron chi connectivity index (χ4n) is 3.21. The zero-order chi connectivity index (χ0) is 23.4. The van der Waals surface area contributed by atoms with Gasteiger partial charge in [-0.3, -0.25) is 14.9 Å². The van der Waals surface area contributed by atoms with E-state index >= 15 is 0 Å². The van der Waals surface area contributed by atoms with Crippen LogP contribution in [0.25, 0.3) is 6.08 Å². The van der Waals surface area contributed by atoms with Gasteiger partial charge in [0.05, 0.1) is 11.3 Å². The summed E-state index contributed by atoms with van der Waals surface area (Å²) < 4.78 is 5.70. The maximum absolute atomic E-state index is 12.9. The molecule has 0 aromatic heterocycles. The molecule has 0 spiro atoms. The number of carbonyl (C=O) groups excluding carboxylic acids is 3. The summed E-state index contributed by atoms with van der Waals surface area (Å²) in [4.78, 5) is 49.2. The van der Waals surface area contributed by atoms with Crippen molar-refractivity contribution in [2.24, 2.45) is 0 Å². The van der Waals surface area contributed by atoms with Crippen molar-refractivity contribution in [3.05, 3.63) is 101 Å². The van der Waals surface area contributed by atoms with Crippen LogP contribution in [0.15, 0.2) is 84.4 Å². The maximum Gasteiger partial charge on any atom is 0.335 e. The number of imide groups is 2. The fourth-order valence-corrected chi connectivity index (χ4v) is 3.21. The van der Waals surface area contributed by atoms with Crippen LogP contribution < -0.4 is 15.0 Å². The van der Waals surface area contributed by atoms with Crippen molar-refractivity contribution in [2.75, 3.05) is 4.90 Å². The van der Waals surface area contributed by atoms with Crippen molar-refractivity contribution < 1.29 is 29.0 Å². The van der Waals surface area contributed by atoms with Crippen LogP contribution in [0.1, 0.15) is 21.5 Å². The number of carbonyl (C=O) groups is 4. The lowest BCUT2D eigenvalue weighted by molar-refractivity contribution is -0.122. The van der Waals surface area contributed by atoms with E-state index in [1.807, 2.05) is 0 Å². The summed E-state index contributed by atoms with van der Waals surface area (Å²) in [6, 6.07) is 20.6. The number of aromatic carboxylic acids is 1. The quantitative estimate of drug-likeness (QED) is 0.445. The molecule has 4 rings (SSSR count). The van der Waals surface area contributed by atoms with E-state index in [1.165, 1.54) is 18.2 Å². The lowest BCUT2D eigenvalue weighted by Gasteiger charge is -2.26. The van der Waals surface area contributed by atoms with Crippen molar-refractivity contribution >= 4 is 35.6 Å². The van der Waals surface area contributed by atoms with Crippen molar-refractivity contribution in [1.29, 1.82) is 0 Å². The van der Waals surface area contributed by atoms with Crippen LogP contribution in [0, 0.1) is 0 Å². The number of carboxylic acid groups (broad SMARTS) is 1. The summed E-state index contributed by atoms with van der Waals surface area (Å²) in [6.45, 7) is 0.245. The Hall–Kier alpha value is -4.72. The number of hydrogen-bond acceptors (Lipinski definition) is 5. The molecule has 33 heavy (non-hydrogen) atoms. The van der Waals surface area contributed by atoms with E-state index in [0.29, 0.717) is 17.0 Å². The first-order valence-electron chi connectivity index (χ1n) is 9.94. The second-order valence-electron chi connectivity index (χ2n) is 7.15. The second kappa shape index (κ2) is 9.19. The third-order valence-electron chi connectivity index (χ3n) is 4.91. The average Bonchev–Trinajstić information content (AvgIpc) is 2.82. The molecule has 0 saturated carbocycles. The topological polar surface area (TPSA) is 113 Å². The number of hydrogen-bond donors (Lipinski definition) is 2. The van der Waals surface area contributed by atoms with E-state index in [-0.39, 0.29) is 17.7 Å². The number of nitrogens with zero attached hydrogens (tertiary/aromatic N) is 1. The summed E-state index contributed by atoms with van der Waals surface area (Å²) >= 11 is 0. The first-order chi connectivity index (χ1) is 15.9. The molecule has 8 nitrogen and oxygen atoms in total. The highest BCUT2D eigenvalue weighted by atomic mass is 16.5. The largest absolute Gasteiger partial charge is 0.489 e. The summed E-state index contributed by atoms with van der Waals surface area (Å²) in [5.41, 5.74) is 1.78. The number of carboxylic acids is 1. The number of rotatable bonds is 6. The predicted molar refractivity (Wildman–Crippen MR) is 120 cm³/mol. The van der Waals surface area contributed by atoms with Crippen molar-refractivity contribution in [1.82, 2.24) is 5.32 Å². The Kier molecular flexibility index (Phi) is 5.99. The zero-order valence-electron chi connectivity index (χ0n) is 17.2. The Labute approximate surface area is 188 Å². The SMILES string of the molecule is O=C1NC(=O)N(c2ccccc2)C(=O)/C1=C/c1ccc(OCc2ccc(C(=O)O)cc2)cc1. The monoisotopic (exact) mass is 442 g/mol.